The smallest absolute Gasteiger partial charge is 0.328 e. The van der Waals surface area contributed by atoms with Crippen LogP contribution in [0.25, 0.3) is 0 Å². The van der Waals surface area contributed by atoms with E-state index < -0.39 is 42.1 Å². The van der Waals surface area contributed by atoms with Crippen molar-refractivity contribution in [1.82, 2.24) is 26.6 Å². The highest BCUT2D eigenvalue weighted by molar-refractivity contribution is 5.93. The van der Waals surface area contributed by atoms with E-state index >= 15 is 0 Å². The van der Waals surface area contributed by atoms with E-state index in [-0.39, 0.29) is 23.7 Å². The van der Waals surface area contributed by atoms with E-state index in [1.54, 1.807) is 33.8 Å². The summed E-state index contributed by atoms with van der Waals surface area (Å²) in [5.41, 5.74) is 0.979. The molecule has 5 N–H and O–H groups in total. The van der Waals surface area contributed by atoms with Gasteiger partial charge in [-0.2, -0.15) is 0 Å². The minimum absolute atomic E-state index is 0.228. The van der Waals surface area contributed by atoms with Crippen LogP contribution in [0.15, 0.2) is 42.5 Å². The normalized spacial score (nSPS) is 20.6. The van der Waals surface area contributed by atoms with Crippen LogP contribution in [0, 0.1) is 11.8 Å². The van der Waals surface area contributed by atoms with Gasteiger partial charge in [0.15, 0.2) is 0 Å². The first-order valence-corrected chi connectivity index (χ1v) is 13.8. The number of urea groups is 1. The lowest BCUT2D eigenvalue weighted by Crippen LogP contribution is -2.59. The molecule has 5 amide bonds. The van der Waals surface area contributed by atoms with Crippen LogP contribution in [0.1, 0.15) is 52.5 Å². The molecule has 40 heavy (non-hydrogen) atoms. The van der Waals surface area contributed by atoms with Crippen LogP contribution in [0.3, 0.4) is 0 Å². The number of hydrogen-bond acceptors (Lipinski definition) is 6. The topological polar surface area (TPSA) is 155 Å². The number of amides is 5. The third-order valence-electron chi connectivity index (χ3n) is 6.60. The molecule has 0 fully saturated rings. The van der Waals surface area contributed by atoms with Gasteiger partial charge in [0, 0.05) is 12.6 Å². The Hall–Kier alpha value is -3.89. The van der Waals surface area contributed by atoms with Gasteiger partial charge in [0.2, 0.25) is 17.7 Å². The molecule has 1 heterocycles. The van der Waals surface area contributed by atoms with Gasteiger partial charge < -0.3 is 31.3 Å². The summed E-state index contributed by atoms with van der Waals surface area (Å²) in [7, 11) is 1.24. The molecule has 0 aromatic heterocycles. The fraction of sp³-hybridized carbons (Fsp3) is 0.552. The Bertz CT molecular complexity index is 1040. The maximum Gasteiger partial charge on any atom is 0.328 e. The second-order valence-electron chi connectivity index (χ2n) is 10.6. The number of esters is 1. The number of benzene rings is 1. The fourth-order valence-corrected chi connectivity index (χ4v) is 4.28. The summed E-state index contributed by atoms with van der Waals surface area (Å²) in [5.74, 6) is -2.24. The maximum absolute atomic E-state index is 13.4. The van der Waals surface area contributed by atoms with E-state index in [0.717, 1.165) is 5.56 Å². The zero-order chi connectivity index (χ0) is 29.7. The highest BCUT2D eigenvalue weighted by Crippen LogP contribution is 2.10. The molecule has 1 aromatic carbocycles. The van der Waals surface area contributed by atoms with Crippen molar-refractivity contribution < 1.29 is 28.7 Å². The largest absolute Gasteiger partial charge is 0.467 e. The van der Waals surface area contributed by atoms with Crippen molar-refractivity contribution in [2.24, 2.45) is 11.8 Å². The lowest BCUT2D eigenvalue weighted by Gasteiger charge is -2.27. The van der Waals surface area contributed by atoms with Gasteiger partial charge in [-0.1, -0.05) is 64.1 Å². The SMILES string of the molecule is COC(=O)[C@@H](NC(=O)N[C@H](C(=O)N[C@H]1CCCCNC(=O)/C=C\[C@H](Cc2ccccc2)NC1=O)C(C)C)C(C)C. The molecular weight excluding hydrogens is 514 g/mol. The molecule has 0 bridgehead atoms. The van der Waals surface area contributed by atoms with Crippen LogP contribution in [0.4, 0.5) is 4.79 Å². The zero-order valence-electron chi connectivity index (χ0n) is 24.0. The lowest BCUT2D eigenvalue weighted by atomic mass is 10.0. The van der Waals surface area contributed by atoms with Crippen molar-refractivity contribution in [2.45, 2.75) is 77.5 Å². The van der Waals surface area contributed by atoms with Crippen molar-refractivity contribution in [2.75, 3.05) is 13.7 Å². The Morgan fingerprint density at radius 3 is 2.25 bits per heavy atom. The second kappa shape index (κ2) is 16.3. The maximum atomic E-state index is 13.4. The van der Waals surface area contributed by atoms with Crippen LogP contribution < -0.4 is 26.6 Å². The average molecular weight is 558 g/mol. The summed E-state index contributed by atoms with van der Waals surface area (Å²) >= 11 is 0. The quantitative estimate of drug-likeness (QED) is 0.291. The molecule has 0 spiro atoms. The Morgan fingerprint density at radius 1 is 0.975 bits per heavy atom. The number of ether oxygens (including phenoxy) is 1. The first-order valence-electron chi connectivity index (χ1n) is 13.8. The minimum Gasteiger partial charge on any atom is -0.467 e. The highest BCUT2D eigenvalue weighted by atomic mass is 16.5. The van der Waals surface area contributed by atoms with Crippen LogP contribution in [0.5, 0.6) is 0 Å². The van der Waals surface area contributed by atoms with Gasteiger partial charge >= 0.3 is 12.0 Å². The Labute approximate surface area is 236 Å². The predicted molar refractivity (Wildman–Crippen MR) is 151 cm³/mol. The lowest BCUT2D eigenvalue weighted by molar-refractivity contribution is -0.144. The van der Waals surface area contributed by atoms with Crippen molar-refractivity contribution >= 4 is 29.7 Å². The van der Waals surface area contributed by atoms with E-state index in [0.29, 0.717) is 32.2 Å². The number of nitrogens with one attached hydrogen (secondary N) is 5. The fourth-order valence-electron chi connectivity index (χ4n) is 4.28. The van der Waals surface area contributed by atoms with Crippen molar-refractivity contribution in [3.05, 3.63) is 48.0 Å². The van der Waals surface area contributed by atoms with Gasteiger partial charge in [-0.15, -0.1) is 0 Å². The van der Waals surface area contributed by atoms with Crippen molar-refractivity contribution in [1.29, 1.82) is 0 Å². The summed E-state index contributed by atoms with van der Waals surface area (Å²) in [4.78, 5) is 63.6. The summed E-state index contributed by atoms with van der Waals surface area (Å²) in [5, 5.41) is 13.8. The predicted octanol–water partition coefficient (Wildman–Crippen LogP) is 1.58. The Kier molecular flexibility index (Phi) is 13.1. The molecule has 0 saturated heterocycles. The second-order valence-corrected chi connectivity index (χ2v) is 10.6. The summed E-state index contributed by atoms with van der Waals surface area (Å²) < 4.78 is 4.76. The van der Waals surface area contributed by atoms with E-state index in [1.165, 1.54) is 13.2 Å². The third-order valence-corrected chi connectivity index (χ3v) is 6.60. The Morgan fingerprint density at radius 2 is 1.62 bits per heavy atom. The number of carbonyl (C=O) groups is 5. The van der Waals surface area contributed by atoms with Gasteiger partial charge in [-0.25, -0.2) is 9.59 Å². The number of rotatable bonds is 9. The molecule has 220 valence electrons. The number of methoxy groups -OCH3 is 1. The van der Waals surface area contributed by atoms with E-state index in [9.17, 15) is 24.0 Å². The van der Waals surface area contributed by atoms with Crippen molar-refractivity contribution in [3.8, 4) is 0 Å². The molecule has 0 aliphatic carbocycles. The zero-order valence-corrected chi connectivity index (χ0v) is 24.0. The molecule has 4 atom stereocenters. The van der Waals surface area contributed by atoms with Gasteiger partial charge in [-0.3, -0.25) is 14.4 Å². The first kappa shape index (κ1) is 32.3. The van der Waals surface area contributed by atoms with Gasteiger partial charge in [0.25, 0.3) is 0 Å². The summed E-state index contributed by atoms with van der Waals surface area (Å²) in [6, 6.07) is 5.71. The standard InChI is InChI=1S/C29H43N5O6/c1-18(2)24(33-29(39)34-25(19(3)4)28(38)40-5)27(37)32-22-13-9-10-16-30-23(35)15-14-21(31-26(22)36)17-20-11-7-6-8-12-20/h6-8,11-12,14-15,18-19,21-22,24-25H,9-10,13,16-17H2,1-5H3,(H,30,35)(H,31,36)(H,32,37)(H2,33,34,39)/b15-14-/t21-,22+,24+,25+/m1/s1. The molecular formula is C29H43N5O6. The van der Waals surface area contributed by atoms with Crippen LogP contribution >= 0.6 is 0 Å². The van der Waals surface area contributed by atoms with Gasteiger partial charge in [0.1, 0.15) is 18.1 Å². The third kappa shape index (κ3) is 10.7. The molecule has 0 unspecified atom stereocenters. The van der Waals surface area contributed by atoms with Gasteiger partial charge in [-0.05, 0) is 43.1 Å². The molecule has 2 rings (SSSR count). The van der Waals surface area contributed by atoms with E-state index in [2.05, 4.69) is 26.6 Å². The molecule has 1 aliphatic rings. The van der Waals surface area contributed by atoms with Crippen molar-refractivity contribution in [3.63, 3.8) is 0 Å². The first-order chi connectivity index (χ1) is 19.0. The minimum atomic E-state index is -0.959. The molecule has 0 radical (unpaired) electrons. The molecule has 1 aromatic rings. The van der Waals surface area contributed by atoms with Crippen LogP contribution in [0.2, 0.25) is 0 Å². The monoisotopic (exact) mass is 557 g/mol. The average Bonchev–Trinajstić information content (AvgIpc) is 2.91. The van der Waals surface area contributed by atoms with Crippen LogP contribution in [-0.4, -0.2) is 67.5 Å². The number of hydrogen-bond donors (Lipinski definition) is 5. The Balaban J connectivity index is 2.16. The van der Waals surface area contributed by atoms with Gasteiger partial charge in [0.05, 0.1) is 13.2 Å². The highest BCUT2D eigenvalue weighted by Gasteiger charge is 2.31. The van der Waals surface area contributed by atoms with Crippen LogP contribution in [-0.2, 0) is 30.3 Å². The summed E-state index contributed by atoms with van der Waals surface area (Å²) in [6.07, 6.45) is 5.09. The molecule has 11 nitrogen and oxygen atoms in total. The van der Waals surface area contributed by atoms with E-state index in [1.807, 2.05) is 30.3 Å². The molecule has 1 aliphatic heterocycles. The molecule has 0 saturated carbocycles. The molecule has 11 heteroatoms. The number of carbonyl (C=O) groups excluding carboxylic acids is 5. The summed E-state index contributed by atoms with van der Waals surface area (Å²) in [6.45, 7) is 7.53. The van der Waals surface area contributed by atoms with E-state index in [4.69, 9.17) is 4.74 Å².